The van der Waals surface area contributed by atoms with Crippen molar-refractivity contribution in [3.63, 3.8) is 0 Å². The van der Waals surface area contributed by atoms with Crippen molar-refractivity contribution in [1.29, 1.82) is 0 Å². The second kappa shape index (κ2) is 8.92. The van der Waals surface area contributed by atoms with Crippen LogP contribution in [0.2, 0.25) is 10.0 Å². The fraction of sp³-hybridized carbons (Fsp3) is 0.263. The zero-order valence-electron chi connectivity index (χ0n) is 14.7. The molecule has 2 N–H and O–H groups in total. The van der Waals surface area contributed by atoms with Crippen LogP contribution in [0.1, 0.15) is 24.2 Å². The Hall–Kier alpha value is -2.24. The van der Waals surface area contributed by atoms with Gasteiger partial charge in [0, 0.05) is 5.02 Å². The van der Waals surface area contributed by atoms with E-state index >= 15 is 0 Å². The second-order valence-electron chi connectivity index (χ2n) is 6.01. The van der Waals surface area contributed by atoms with Crippen molar-refractivity contribution < 1.29 is 14.3 Å². The number of halogens is 2. The Morgan fingerprint density at radius 3 is 2.38 bits per heavy atom. The summed E-state index contributed by atoms with van der Waals surface area (Å²) >= 11 is 12.0. The highest BCUT2D eigenvalue weighted by molar-refractivity contribution is 6.34. The molecule has 138 valence electrons. The van der Waals surface area contributed by atoms with Crippen LogP contribution in [0.5, 0.6) is 5.75 Å². The van der Waals surface area contributed by atoms with E-state index in [0.717, 1.165) is 0 Å². The molecule has 2 aromatic carbocycles. The van der Waals surface area contributed by atoms with Gasteiger partial charge in [0.2, 0.25) is 5.91 Å². The normalized spacial score (nSPS) is 11.8. The van der Waals surface area contributed by atoms with E-state index in [1.165, 1.54) is 7.11 Å². The summed E-state index contributed by atoms with van der Waals surface area (Å²) in [5, 5.41) is 6.28. The van der Waals surface area contributed by atoms with Gasteiger partial charge in [-0.2, -0.15) is 0 Å². The van der Waals surface area contributed by atoms with Crippen molar-refractivity contribution in [2.45, 2.75) is 19.9 Å². The Morgan fingerprint density at radius 2 is 1.77 bits per heavy atom. The molecular formula is C19H20Cl2N2O3. The molecular weight excluding hydrogens is 375 g/mol. The average Bonchev–Trinajstić information content (AvgIpc) is 2.59. The number of ether oxygens (including phenoxy) is 1. The van der Waals surface area contributed by atoms with Crippen LogP contribution in [-0.2, 0) is 4.79 Å². The lowest BCUT2D eigenvalue weighted by molar-refractivity contribution is -0.118. The van der Waals surface area contributed by atoms with Crippen molar-refractivity contribution in [3.8, 4) is 5.75 Å². The summed E-state index contributed by atoms with van der Waals surface area (Å²) in [6, 6.07) is 10.8. The molecule has 0 aromatic heterocycles. The van der Waals surface area contributed by atoms with Gasteiger partial charge in [-0.3, -0.25) is 9.59 Å². The van der Waals surface area contributed by atoms with Gasteiger partial charge >= 0.3 is 0 Å². The van der Waals surface area contributed by atoms with Crippen LogP contribution >= 0.6 is 23.2 Å². The van der Waals surface area contributed by atoms with Crippen molar-refractivity contribution in [1.82, 2.24) is 5.32 Å². The lowest BCUT2D eigenvalue weighted by Crippen LogP contribution is -2.47. The van der Waals surface area contributed by atoms with E-state index in [9.17, 15) is 9.59 Å². The van der Waals surface area contributed by atoms with Crippen molar-refractivity contribution in [2.75, 3.05) is 12.4 Å². The Morgan fingerprint density at radius 1 is 1.08 bits per heavy atom. The average molecular weight is 395 g/mol. The summed E-state index contributed by atoms with van der Waals surface area (Å²) in [4.78, 5) is 25.2. The monoisotopic (exact) mass is 394 g/mol. The summed E-state index contributed by atoms with van der Waals surface area (Å²) in [5.41, 5.74) is 0.746. The number of carbonyl (C=O) groups is 2. The predicted molar refractivity (Wildman–Crippen MR) is 104 cm³/mol. The molecule has 0 aliphatic rings. The van der Waals surface area contributed by atoms with Gasteiger partial charge in [-0.05, 0) is 36.2 Å². The first-order valence-corrected chi connectivity index (χ1v) is 8.79. The number of nitrogens with one attached hydrogen (secondary N) is 2. The van der Waals surface area contributed by atoms with Crippen molar-refractivity contribution in [3.05, 3.63) is 58.1 Å². The molecule has 0 radical (unpaired) electrons. The van der Waals surface area contributed by atoms with E-state index in [4.69, 9.17) is 27.9 Å². The Kier molecular flexibility index (Phi) is 6.89. The zero-order chi connectivity index (χ0) is 19.3. The highest BCUT2D eigenvalue weighted by atomic mass is 35.5. The Bertz CT molecular complexity index is 809. The van der Waals surface area contributed by atoms with Gasteiger partial charge in [0.15, 0.2) is 0 Å². The summed E-state index contributed by atoms with van der Waals surface area (Å²) < 4.78 is 5.23. The molecule has 0 aliphatic heterocycles. The fourth-order valence-corrected chi connectivity index (χ4v) is 2.78. The number of anilines is 1. The van der Waals surface area contributed by atoms with Gasteiger partial charge in [-0.25, -0.2) is 0 Å². The first-order valence-electron chi connectivity index (χ1n) is 8.03. The quantitative estimate of drug-likeness (QED) is 0.762. The molecule has 0 saturated heterocycles. The number of carbonyl (C=O) groups excluding carboxylic acids is 2. The van der Waals surface area contributed by atoms with Crippen molar-refractivity contribution >= 4 is 40.7 Å². The molecule has 2 amide bonds. The Labute approximate surface area is 162 Å². The number of hydrogen-bond donors (Lipinski definition) is 2. The largest absolute Gasteiger partial charge is 0.495 e. The molecule has 0 heterocycles. The second-order valence-corrected chi connectivity index (χ2v) is 6.85. The van der Waals surface area contributed by atoms with Crippen LogP contribution in [0.25, 0.3) is 0 Å². The first kappa shape index (κ1) is 20.1. The molecule has 0 unspecified atom stereocenters. The maximum atomic E-state index is 12.7. The molecule has 0 fully saturated rings. The maximum absolute atomic E-state index is 12.7. The topological polar surface area (TPSA) is 67.4 Å². The van der Waals surface area contributed by atoms with Crippen LogP contribution in [0.3, 0.4) is 0 Å². The first-order chi connectivity index (χ1) is 12.3. The number of methoxy groups -OCH3 is 1. The summed E-state index contributed by atoms with van der Waals surface area (Å²) in [7, 11) is 1.50. The molecule has 7 heteroatoms. The number of hydrogen-bond acceptors (Lipinski definition) is 3. The van der Waals surface area contributed by atoms with Crippen LogP contribution < -0.4 is 15.4 Å². The third-order valence-electron chi connectivity index (χ3n) is 3.77. The molecule has 0 aliphatic carbocycles. The lowest BCUT2D eigenvalue weighted by atomic mass is 10.0. The highest BCUT2D eigenvalue weighted by Gasteiger charge is 2.26. The van der Waals surface area contributed by atoms with Gasteiger partial charge in [0.05, 0.1) is 23.4 Å². The number of amides is 2. The number of benzene rings is 2. The minimum absolute atomic E-state index is 0.147. The maximum Gasteiger partial charge on any atom is 0.253 e. The van der Waals surface area contributed by atoms with Crippen LogP contribution in [0.4, 0.5) is 5.69 Å². The summed E-state index contributed by atoms with van der Waals surface area (Å²) in [6.45, 7) is 3.68. The van der Waals surface area contributed by atoms with Gasteiger partial charge in [0.25, 0.3) is 5.91 Å². The smallest absolute Gasteiger partial charge is 0.253 e. The Balaban J connectivity index is 2.19. The summed E-state index contributed by atoms with van der Waals surface area (Å²) in [6.07, 6.45) is 0. The van der Waals surface area contributed by atoms with E-state index < -0.39 is 11.9 Å². The lowest BCUT2D eigenvalue weighted by Gasteiger charge is -2.22. The van der Waals surface area contributed by atoms with E-state index in [1.54, 1.807) is 42.5 Å². The van der Waals surface area contributed by atoms with E-state index in [0.29, 0.717) is 27.0 Å². The fourth-order valence-electron chi connectivity index (χ4n) is 2.39. The summed E-state index contributed by atoms with van der Waals surface area (Å²) in [5.74, 6) is -0.460. The van der Waals surface area contributed by atoms with E-state index in [-0.39, 0.29) is 11.8 Å². The third-order valence-corrected chi connectivity index (χ3v) is 4.34. The van der Waals surface area contributed by atoms with Crippen LogP contribution in [0, 0.1) is 5.92 Å². The molecule has 0 saturated carbocycles. The molecule has 0 spiro atoms. The molecule has 26 heavy (non-hydrogen) atoms. The zero-order valence-corrected chi connectivity index (χ0v) is 16.2. The molecule has 0 bridgehead atoms. The van der Waals surface area contributed by atoms with Gasteiger partial charge < -0.3 is 15.4 Å². The minimum Gasteiger partial charge on any atom is -0.495 e. The van der Waals surface area contributed by atoms with Gasteiger partial charge in [-0.1, -0.05) is 49.2 Å². The molecule has 2 rings (SSSR count). The van der Waals surface area contributed by atoms with E-state index in [2.05, 4.69) is 10.6 Å². The van der Waals surface area contributed by atoms with Gasteiger partial charge in [-0.15, -0.1) is 0 Å². The minimum atomic E-state index is -0.762. The van der Waals surface area contributed by atoms with Crippen LogP contribution in [-0.4, -0.2) is 25.0 Å². The van der Waals surface area contributed by atoms with Crippen LogP contribution in [0.15, 0.2) is 42.5 Å². The standard InChI is InChI=1S/C19H20Cl2N2O3/c1-11(2)17(23-18(24)13-6-4-5-7-14(13)21)19(25)22-15-10-12(20)8-9-16(15)26-3/h4-11,17H,1-3H3,(H,22,25)(H,23,24)/t17-/m0/s1. The molecule has 1 atom stereocenters. The third kappa shape index (κ3) is 4.90. The molecule has 2 aromatic rings. The highest BCUT2D eigenvalue weighted by Crippen LogP contribution is 2.28. The van der Waals surface area contributed by atoms with Crippen molar-refractivity contribution in [2.24, 2.45) is 5.92 Å². The molecule has 5 nitrogen and oxygen atoms in total. The van der Waals surface area contributed by atoms with E-state index in [1.807, 2.05) is 13.8 Å². The predicted octanol–water partition coefficient (Wildman–Crippen LogP) is 4.40. The number of rotatable bonds is 6. The SMILES string of the molecule is COc1ccc(Cl)cc1NC(=O)[C@@H](NC(=O)c1ccccc1Cl)C(C)C. The van der Waals surface area contributed by atoms with Gasteiger partial charge in [0.1, 0.15) is 11.8 Å².